The van der Waals surface area contributed by atoms with Gasteiger partial charge in [0.1, 0.15) is 6.04 Å². The van der Waals surface area contributed by atoms with E-state index in [-0.39, 0.29) is 25.0 Å². The lowest BCUT2D eigenvalue weighted by molar-refractivity contribution is -0.124. The fourth-order valence-corrected chi connectivity index (χ4v) is 4.68. The summed E-state index contributed by atoms with van der Waals surface area (Å²) in [6.45, 7) is 2.59. The zero-order valence-electron chi connectivity index (χ0n) is 19.2. The van der Waals surface area contributed by atoms with Crippen LogP contribution < -0.4 is 19.7 Å². The molecule has 0 unspecified atom stereocenters. The second kappa shape index (κ2) is 8.47. The first kappa shape index (κ1) is 21.2. The summed E-state index contributed by atoms with van der Waals surface area (Å²) in [5, 5.41) is 2.93. The number of nitrogens with zero attached hydrogens (tertiary/aromatic N) is 3. The van der Waals surface area contributed by atoms with Crippen LogP contribution in [0.25, 0.3) is 11.0 Å². The largest absolute Gasteiger partial charge is 0.454 e. The summed E-state index contributed by atoms with van der Waals surface area (Å²) in [5.74, 6) is 1.51. The fourth-order valence-electron chi connectivity index (χ4n) is 4.68. The van der Waals surface area contributed by atoms with Crippen molar-refractivity contribution in [1.82, 2.24) is 9.55 Å². The van der Waals surface area contributed by atoms with Crippen molar-refractivity contribution >= 4 is 34.5 Å². The zero-order valence-corrected chi connectivity index (χ0v) is 19.2. The maximum absolute atomic E-state index is 13.6. The normalized spacial score (nSPS) is 16.1. The summed E-state index contributed by atoms with van der Waals surface area (Å²) < 4.78 is 12.8. The molecule has 1 N–H and O–H groups in total. The van der Waals surface area contributed by atoms with Crippen molar-refractivity contribution in [2.45, 2.75) is 32.4 Å². The number of rotatable bonds is 6. The summed E-state index contributed by atoms with van der Waals surface area (Å²) in [4.78, 5) is 33.0. The SMILES string of the molecule is CCc1ccc(NC(=O)C[C@H]2C(=O)N(Cc3ccc4c(c3)OCO4)c3nc4ccccc4n32)cc1. The highest BCUT2D eigenvalue weighted by Crippen LogP contribution is 2.39. The van der Waals surface area contributed by atoms with Crippen molar-refractivity contribution in [2.75, 3.05) is 17.0 Å². The van der Waals surface area contributed by atoms with E-state index in [0.29, 0.717) is 29.7 Å². The number of imidazole rings is 1. The molecule has 0 aliphatic carbocycles. The summed E-state index contributed by atoms with van der Waals surface area (Å²) in [6.07, 6.45) is 0.944. The minimum Gasteiger partial charge on any atom is -0.454 e. The predicted molar refractivity (Wildman–Crippen MR) is 132 cm³/mol. The van der Waals surface area contributed by atoms with Crippen LogP contribution in [0.1, 0.15) is 30.5 Å². The first-order valence-electron chi connectivity index (χ1n) is 11.7. The molecule has 8 heteroatoms. The molecular weight excluding hydrogens is 444 g/mol. The molecule has 3 heterocycles. The Bertz CT molecular complexity index is 1440. The van der Waals surface area contributed by atoms with Crippen molar-refractivity contribution in [2.24, 2.45) is 0 Å². The Balaban J connectivity index is 1.29. The standard InChI is InChI=1S/C27H24N4O4/c1-2-17-7-10-19(11-8-17)28-25(32)14-22-26(33)30(15-18-9-12-23-24(13-18)35-16-34-23)27-29-20-5-3-4-6-21(20)31(22)27/h3-13,22H,2,14-16H2,1H3,(H,28,32)/t22-/m0/s1. The van der Waals surface area contributed by atoms with Gasteiger partial charge in [-0.05, 0) is 53.9 Å². The lowest BCUT2D eigenvalue weighted by Gasteiger charge is -2.16. The predicted octanol–water partition coefficient (Wildman–Crippen LogP) is 4.44. The van der Waals surface area contributed by atoms with Gasteiger partial charge in [-0.1, -0.05) is 37.3 Å². The van der Waals surface area contributed by atoms with E-state index in [0.717, 1.165) is 23.0 Å². The quantitative estimate of drug-likeness (QED) is 0.452. The smallest absolute Gasteiger partial charge is 0.253 e. The van der Waals surface area contributed by atoms with Gasteiger partial charge < -0.3 is 14.8 Å². The van der Waals surface area contributed by atoms with Gasteiger partial charge in [0.15, 0.2) is 11.5 Å². The van der Waals surface area contributed by atoms with E-state index in [1.807, 2.05) is 71.3 Å². The Morgan fingerprint density at radius 3 is 2.63 bits per heavy atom. The number of aryl methyl sites for hydroxylation is 1. The summed E-state index contributed by atoms with van der Waals surface area (Å²) in [6, 6.07) is 20.4. The van der Waals surface area contributed by atoms with Gasteiger partial charge in [0.25, 0.3) is 5.91 Å². The van der Waals surface area contributed by atoms with Crippen LogP contribution in [0.4, 0.5) is 11.6 Å². The molecule has 0 radical (unpaired) electrons. The number of anilines is 2. The Morgan fingerprint density at radius 2 is 1.80 bits per heavy atom. The molecule has 2 aliphatic rings. The average molecular weight is 469 g/mol. The molecule has 0 bridgehead atoms. The van der Waals surface area contributed by atoms with Crippen LogP contribution >= 0.6 is 0 Å². The number of benzene rings is 3. The van der Waals surface area contributed by atoms with E-state index >= 15 is 0 Å². The maximum atomic E-state index is 13.6. The van der Waals surface area contributed by atoms with Crippen molar-refractivity contribution < 1.29 is 19.1 Å². The number of carbonyl (C=O) groups is 2. The molecule has 3 aromatic carbocycles. The molecule has 2 amide bonds. The van der Waals surface area contributed by atoms with E-state index in [9.17, 15) is 9.59 Å². The van der Waals surface area contributed by atoms with Gasteiger partial charge in [0, 0.05) is 5.69 Å². The summed E-state index contributed by atoms with van der Waals surface area (Å²) in [5.41, 5.74) is 4.41. The molecule has 2 aliphatic heterocycles. The summed E-state index contributed by atoms with van der Waals surface area (Å²) in [7, 11) is 0. The molecule has 0 fully saturated rings. The Kier molecular flexibility index (Phi) is 5.13. The minimum atomic E-state index is -0.679. The number of ether oxygens (including phenoxy) is 2. The molecule has 176 valence electrons. The fraction of sp³-hybridized carbons (Fsp3) is 0.222. The van der Waals surface area contributed by atoms with Crippen LogP contribution in [0.5, 0.6) is 11.5 Å². The number of amides is 2. The Morgan fingerprint density at radius 1 is 1.03 bits per heavy atom. The van der Waals surface area contributed by atoms with Crippen molar-refractivity contribution in [3.63, 3.8) is 0 Å². The number of fused-ring (bicyclic) bond motifs is 4. The van der Waals surface area contributed by atoms with Gasteiger partial charge in [-0.25, -0.2) is 4.98 Å². The van der Waals surface area contributed by atoms with Crippen molar-refractivity contribution in [3.8, 4) is 11.5 Å². The molecule has 0 spiro atoms. The van der Waals surface area contributed by atoms with Crippen LogP contribution in [0.3, 0.4) is 0 Å². The maximum Gasteiger partial charge on any atom is 0.253 e. The molecule has 1 aromatic heterocycles. The molecular formula is C27H24N4O4. The second-order valence-electron chi connectivity index (χ2n) is 8.70. The lowest BCUT2D eigenvalue weighted by atomic mass is 10.1. The number of hydrogen-bond acceptors (Lipinski definition) is 5. The molecule has 8 nitrogen and oxygen atoms in total. The number of carbonyl (C=O) groups excluding carboxylic acids is 2. The van der Waals surface area contributed by atoms with Crippen LogP contribution in [0.15, 0.2) is 66.7 Å². The highest BCUT2D eigenvalue weighted by Gasteiger charge is 2.41. The van der Waals surface area contributed by atoms with E-state index in [2.05, 4.69) is 12.2 Å². The van der Waals surface area contributed by atoms with Gasteiger partial charge in [-0.2, -0.15) is 0 Å². The van der Waals surface area contributed by atoms with E-state index in [4.69, 9.17) is 14.5 Å². The van der Waals surface area contributed by atoms with Crippen molar-refractivity contribution in [3.05, 3.63) is 77.9 Å². The molecule has 6 rings (SSSR count). The van der Waals surface area contributed by atoms with Gasteiger partial charge in [0.2, 0.25) is 18.6 Å². The van der Waals surface area contributed by atoms with Gasteiger partial charge in [0.05, 0.1) is 24.0 Å². The molecule has 35 heavy (non-hydrogen) atoms. The van der Waals surface area contributed by atoms with Gasteiger partial charge >= 0.3 is 0 Å². The highest BCUT2D eigenvalue weighted by atomic mass is 16.7. The highest BCUT2D eigenvalue weighted by molar-refractivity contribution is 6.05. The first-order chi connectivity index (χ1) is 17.1. The molecule has 0 saturated heterocycles. The van der Waals surface area contributed by atoms with Crippen LogP contribution in [-0.2, 0) is 22.6 Å². The second-order valence-corrected chi connectivity index (χ2v) is 8.70. The van der Waals surface area contributed by atoms with E-state index in [1.165, 1.54) is 5.56 Å². The number of nitrogens with one attached hydrogen (secondary N) is 1. The third kappa shape index (κ3) is 3.77. The van der Waals surface area contributed by atoms with Crippen LogP contribution in [0.2, 0.25) is 0 Å². The lowest BCUT2D eigenvalue weighted by Crippen LogP contribution is -2.31. The Labute approximate surface area is 202 Å². The van der Waals surface area contributed by atoms with E-state index < -0.39 is 6.04 Å². The number of hydrogen-bond donors (Lipinski definition) is 1. The Hall–Kier alpha value is -4.33. The third-order valence-electron chi connectivity index (χ3n) is 6.48. The van der Waals surface area contributed by atoms with E-state index in [1.54, 1.807) is 4.90 Å². The van der Waals surface area contributed by atoms with Crippen molar-refractivity contribution in [1.29, 1.82) is 0 Å². The monoisotopic (exact) mass is 468 g/mol. The van der Waals surface area contributed by atoms with Gasteiger partial charge in [-0.3, -0.25) is 19.1 Å². The minimum absolute atomic E-state index is 0.0132. The third-order valence-corrected chi connectivity index (χ3v) is 6.48. The van der Waals surface area contributed by atoms with Crippen LogP contribution in [0, 0.1) is 0 Å². The average Bonchev–Trinajstić information content (AvgIpc) is 3.55. The number of para-hydroxylation sites is 2. The topological polar surface area (TPSA) is 85.7 Å². The molecule has 1 atom stereocenters. The van der Waals surface area contributed by atoms with Gasteiger partial charge in [-0.15, -0.1) is 0 Å². The van der Waals surface area contributed by atoms with Crippen LogP contribution in [-0.4, -0.2) is 28.2 Å². The number of aromatic nitrogens is 2. The first-order valence-corrected chi connectivity index (χ1v) is 11.7. The molecule has 4 aromatic rings. The summed E-state index contributed by atoms with van der Waals surface area (Å²) >= 11 is 0. The zero-order chi connectivity index (χ0) is 23.9. The molecule has 0 saturated carbocycles.